The van der Waals surface area contributed by atoms with E-state index in [0.717, 1.165) is 5.71 Å². The van der Waals surface area contributed by atoms with E-state index in [9.17, 15) is 0 Å². The minimum absolute atomic E-state index is 0.571. The predicted molar refractivity (Wildman–Crippen MR) is 127 cm³/mol. The Kier molecular flexibility index (Phi) is 6.54. The molecule has 0 unspecified atom stereocenters. The maximum atomic E-state index is 8.25. The Morgan fingerprint density at radius 1 is 0.964 bits per heavy atom. The van der Waals surface area contributed by atoms with Gasteiger partial charge in [-0.25, -0.2) is 4.99 Å². The van der Waals surface area contributed by atoms with Gasteiger partial charge in [0.2, 0.25) is 0 Å². The van der Waals surface area contributed by atoms with Gasteiger partial charge in [0.05, 0.1) is 17.1 Å². The number of nitrogens with one attached hydrogen (secondary N) is 1. The number of unbranched alkanes of at least 4 members (excludes halogenated alkanes) is 4. The summed E-state index contributed by atoms with van der Waals surface area (Å²) in [5.41, 5.74) is 5.50. The van der Waals surface area contributed by atoms with Crippen LogP contribution < -0.4 is 5.19 Å². The molecule has 1 aliphatic heterocycles. The van der Waals surface area contributed by atoms with Crippen molar-refractivity contribution in [2.45, 2.75) is 84.2 Å². The molecule has 1 aliphatic carbocycles. The summed E-state index contributed by atoms with van der Waals surface area (Å²) in [6.07, 6.45) is 13.9. The van der Waals surface area contributed by atoms with E-state index in [-0.39, 0.29) is 0 Å². The molecule has 0 aromatic heterocycles. The topological polar surface area (TPSA) is 36.2 Å². The summed E-state index contributed by atoms with van der Waals surface area (Å²) >= 11 is 0. The van der Waals surface area contributed by atoms with Crippen LogP contribution in [-0.2, 0) is 6.42 Å². The fourth-order valence-electron chi connectivity index (χ4n) is 5.25. The average Bonchev–Trinajstić information content (AvgIpc) is 2.65. The maximum Gasteiger partial charge on any atom is 0.128 e. The standard InChI is InChI=1S/C25H36N2Si/c1-6-7-8-9-10-11-20-12-14-22-24(16-20)28(18(2)3,19(4)5)25-17-21(26)13-15-23(25)27-22/h12-19,26H,6-11H2,1-5H3. The zero-order valence-corrected chi connectivity index (χ0v) is 19.3. The van der Waals surface area contributed by atoms with Crippen molar-refractivity contribution >= 4 is 30.4 Å². The Morgan fingerprint density at radius 3 is 2.36 bits per heavy atom. The van der Waals surface area contributed by atoms with Crippen LogP contribution in [0.4, 0.5) is 5.69 Å². The smallest absolute Gasteiger partial charge is 0.128 e. The van der Waals surface area contributed by atoms with E-state index < -0.39 is 8.07 Å². The third kappa shape index (κ3) is 3.74. The lowest BCUT2D eigenvalue weighted by atomic mass is 10.0. The highest BCUT2D eigenvalue weighted by Crippen LogP contribution is 2.44. The van der Waals surface area contributed by atoms with Crippen LogP contribution in [0.1, 0.15) is 72.3 Å². The van der Waals surface area contributed by atoms with Crippen molar-refractivity contribution < 1.29 is 0 Å². The van der Waals surface area contributed by atoms with E-state index in [1.165, 1.54) is 60.2 Å². The molecule has 0 radical (unpaired) electrons. The van der Waals surface area contributed by atoms with Crippen molar-refractivity contribution in [3.05, 3.63) is 47.2 Å². The summed E-state index contributed by atoms with van der Waals surface area (Å²) in [4.78, 5) is 5.02. The van der Waals surface area contributed by atoms with Crippen LogP contribution in [-0.4, -0.2) is 19.5 Å². The van der Waals surface area contributed by atoms with Crippen molar-refractivity contribution in [1.29, 1.82) is 5.41 Å². The number of rotatable bonds is 8. The molecular weight excluding hydrogens is 356 g/mol. The van der Waals surface area contributed by atoms with E-state index in [1.54, 1.807) is 0 Å². The van der Waals surface area contributed by atoms with Crippen molar-refractivity contribution in [3.8, 4) is 0 Å². The van der Waals surface area contributed by atoms with Crippen molar-refractivity contribution in [3.63, 3.8) is 0 Å². The minimum Gasteiger partial charge on any atom is -0.301 e. The van der Waals surface area contributed by atoms with Gasteiger partial charge in [-0.3, -0.25) is 0 Å². The molecule has 150 valence electrons. The molecule has 3 rings (SSSR count). The van der Waals surface area contributed by atoms with Crippen LogP contribution in [0.15, 0.2) is 46.6 Å². The third-order valence-electron chi connectivity index (χ3n) is 6.58. The first kappa shape index (κ1) is 21.0. The second-order valence-electron chi connectivity index (χ2n) is 9.04. The van der Waals surface area contributed by atoms with E-state index in [0.29, 0.717) is 16.8 Å². The zero-order valence-electron chi connectivity index (χ0n) is 18.3. The molecule has 0 atom stereocenters. The second kappa shape index (κ2) is 8.73. The zero-order chi connectivity index (χ0) is 20.3. The Balaban J connectivity index is 2.03. The molecule has 1 heterocycles. The molecule has 1 N–H and O–H groups in total. The van der Waals surface area contributed by atoms with Gasteiger partial charge in [0.1, 0.15) is 8.07 Å². The molecule has 3 heteroatoms. The van der Waals surface area contributed by atoms with Crippen LogP contribution in [0.5, 0.6) is 0 Å². The number of nitrogens with zero attached hydrogens (tertiary/aromatic N) is 1. The Morgan fingerprint density at radius 2 is 1.68 bits per heavy atom. The highest BCUT2D eigenvalue weighted by Gasteiger charge is 2.49. The van der Waals surface area contributed by atoms with Crippen LogP contribution in [0, 0.1) is 5.41 Å². The highest BCUT2D eigenvalue weighted by atomic mass is 28.3. The van der Waals surface area contributed by atoms with Gasteiger partial charge in [-0.2, -0.15) is 0 Å². The molecule has 1 aromatic rings. The van der Waals surface area contributed by atoms with Gasteiger partial charge < -0.3 is 5.41 Å². The van der Waals surface area contributed by atoms with Gasteiger partial charge in [-0.05, 0) is 64.2 Å². The third-order valence-corrected chi connectivity index (χ3v) is 12.8. The minimum atomic E-state index is -2.02. The largest absolute Gasteiger partial charge is 0.301 e. The van der Waals surface area contributed by atoms with E-state index in [2.05, 4.69) is 65.0 Å². The van der Waals surface area contributed by atoms with Crippen LogP contribution in [0.25, 0.3) is 0 Å². The molecule has 0 amide bonds. The first-order valence-corrected chi connectivity index (χ1v) is 13.3. The molecule has 0 spiro atoms. The summed E-state index contributed by atoms with van der Waals surface area (Å²) in [7, 11) is -2.02. The first-order chi connectivity index (χ1) is 13.4. The van der Waals surface area contributed by atoms with Gasteiger partial charge in [-0.15, -0.1) is 0 Å². The number of hydrogen-bond acceptors (Lipinski definition) is 2. The van der Waals surface area contributed by atoms with Crippen LogP contribution in [0.3, 0.4) is 0 Å². The Bertz CT molecular complexity index is 819. The maximum absolute atomic E-state index is 8.25. The van der Waals surface area contributed by atoms with E-state index in [1.807, 2.05) is 6.08 Å². The first-order valence-electron chi connectivity index (χ1n) is 11.1. The van der Waals surface area contributed by atoms with Crippen molar-refractivity contribution in [2.24, 2.45) is 4.99 Å². The second-order valence-corrected chi connectivity index (χ2v) is 14.2. The fraction of sp³-hybridized carbons (Fsp3) is 0.520. The molecule has 0 saturated heterocycles. The molecule has 0 fully saturated rings. The monoisotopic (exact) mass is 392 g/mol. The van der Waals surface area contributed by atoms with Gasteiger partial charge in [0.25, 0.3) is 0 Å². The Hall–Kier alpha value is -1.74. The summed E-state index contributed by atoms with van der Waals surface area (Å²) < 4.78 is 0. The van der Waals surface area contributed by atoms with Crippen LogP contribution >= 0.6 is 0 Å². The number of aliphatic imine (C=N–C) groups is 1. The van der Waals surface area contributed by atoms with Gasteiger partial charge >= 0.3 is 0 Å². The van der Waals surface area contributed by atoms with Crippen molar-refractivity contribution in [1.82, 2.24) is 0 Å². The molecule has 2 aliphatic rings. The van der Waals surface area contributed by atoms with Gasteiger partial charge in [0, 0.05) is 0 Å². The molecule has 28 heavy (non-hydrogen) atoms. The summed E-state index contributed by atoms with van der Waals surface area (Å²) in [6, 6.07) is 7.05. The van der Waals surface area contributed by atoms with E-state index >= 15 is 0 Å². The molecule has 0 saturated carbocycles. The highest BCUT2D eigenvalue weighted by molar-refractivity contribution is 7.04. The number of allylic oxidation sites excluding steroid dienone is 4. The number of hydrogen-bond donors (Lipinski definition) is 1. The normalized spacial score (nSPS) is 17.5. The Labute approximate surface area is 172 Å². The summed E-state index contributed by atoms with van der Waals surface area (Å²) in [5.74, 6) is 0. The molecule has 0 bridgehead atoms. The van der Waals surface area contributed by atoms with Crippen molar-refractivity contribution in [2.75, 3.05) is 0 Å². The van der Waals surface area contributed by atoms with Gasteiger partial charge in [-0.1, -0.05) is 72.4 Å². The quantitative estimate of drug-likeness (QED) is 0.286. The number of benzene rings is 1. The average molecular weight is 393 g/mol. The lowest BCUT2D eigenvalue weighted by molar-refractivity contribution is 0.632. The fourth-order valence-corrected chi connectivity index (χ4v) is 11.3. The predicted octanol–water partition coefficient (Wildman–Crippen LogP) is 6.82. The van der Waals surface area contributed by atoms with Crippen LogP contribution in [0.2, 0.25) is 11.1 Å². The molecule has 1 aromatic carbocycles. The van der Waals surface area contributed by atoms with Gasteiger partial charge in [0.15, 0.2) is 0 Å². The SMILES string of the molecule is CCCCCCCc1ccc2c(c1)[Si](C(C)C)(C(C)C)C1=CC(=N)C=CC1=N2. The number of aryl methyl sites for hydroxylation is 1. The lowest BCUT2D eigenvalue weighted by Crippen LogP contribution is -2.59. The number of fused-ring (bicyclic) bond motifs is 2. The van der Waals surface area contributed by atoms with E-state index in [4.69, 9.17) is 10.4 Å². The lowest BCUT2D eigenvalue weighted by Gasteiger charge is -2.45. The molecular formula is C25H36N2Si. The summed E-state index contributed by atoms with van der Waals surface area (Å²) in [6.45, 7) is 11.8. The summed E-state index contributed by atoms with van der Waals surface area (Å²) in [5, 5.41) is 11.1. The molecule has 2 nitrogen and oxygen atoms in total.